The Kier molecular flexibility index (Phi) is 3.63. The molecule has 1 aliphatic rings. The number of pyridine rings is 1. The Bertz CT molecular complexity index is 1260. The Morgan fingerprint density at radius 3 is 2.46 bits per heavy atom. The van der Waals surface area contributed by atoms with Gasteiger partial charge in [-0.3, -0.25) is 4.79 Å². The van der Waals surface area contributed by atoms with Gasteiger partial charge in [-0.2, -0.15) is 0 Å². The number of rotatable bonds is 1. The highest BCUT2D eigenvalue weighted by molar-refractivity contribution is 6.14. The molecule has 5 rings (SSSR count). The quantitative estimate of drug-likeness (QED) is 0.366. The molecule has 3 aromatic carbocycles. The van der Waals surface area contributed by atoms with Crippen LogP contribution in [0.5, 0.6) is 0 Å². The summed E-state index contributed by atoms with van der Waals surface area (Å²) in [7, 11) is 0. The molecule has 0 unspecified atom stereocenters. The van der Waals surface area contributed by atoms with E-state index in [1.165, 1.54) is 12.1 Å². The number of benzene rings is 3. The van der Waals surface area contributed by atoms with E-state index in [1.807, 2.05) is 18.2 Å². The molecule has 1 aromatic heterocycles. The lowest BCUT2D eigenvalue weighted by atomic mass is 9.71. The third-order valence-corrected chi connectivity index (χ3v) is 5.67. The summed E-state index contributed by atoms with van der Waals surface area (Å²) in [5.74, 6) is -0.176. The zero-order valence-corrected chi connectivity index (χ0v) is 15.9. The van der Waals surface area contributed by atoms with Crippen molar-refractivity contribution in [3.8, 4) is 11.3 Å². The van der Waals surface area contributed by atoms with Crippen molar-refractivity contribution in [3.63, 3.8) is 0 Å². The molecule has 0 spiro atoms. The summed E-state index contributed by atoms with van der Waals surface area (Å²) in [4.78, 5) is 18.1. The highest BCUT2D eigenvalue weighted by Gasteiger charge is 2.35. The summed E-state index contributed by atoms with van der Waals surface area (Å²) in [6, 6.07) is 18.6. The molecule has 0 N–H and O–H groups in total. The first kappa shape index (κ1) is 17.1. The third-order valence-electron chi connectivity index (χ3n) is 5.67. The van der Waals surface area contributed by atoms with Gasteiger partial charge in [-0.1, -0.05) is 44.2 Å². The van der Waals surface area contributed by atoms with Crippen LogP contribution < -0.4 is 0 Å². The Labute approximate surface area is 163 Å². The molecule has 0 saturated carbocycles. The van der Waals surface area contributed by atoms with Crippen LogP contribution in [-0.2, 0) is 6.42 Å². The van der Waals surface area contributed by atoms with Crippen molar-refractivity contribution in [1.82, 2.24) is 4.98 Å². The van der Waals surface area contributed by atoms with Crippen molar-refractivity contribution >= 4 is 27.5 Å². The molecule has 0 atom stereocenters. The molecule has 0 aliphatic heterocycles. The maximum absolute atomic E-state index is 13.5. The molecule has 0 amide bonds. The fourth-order valence-electron chi connectivity index (χ4n) is 4.47. The number of fused-ring (bicyclic) bond motifs is 5. The van der Waals surface area contributed by atoms with Gasteiger partial charge in [0.05, 0.1) is 11.2 Å². The molecule has 28 heavy (non-hydrogen) atoms. The number of hydrogen-bond acceptors (Lipinski definition) is 2. The third kappa shape index (κ3) is 2.62. The second kappa shape index (κ2) is 5.96. The molecule has 1 aliphatic carbocycles. The van der Waals surface area contributed by atoms with Crippen LogP contribution in [0.3, 0.4) is 0 Å². The van der Waals surface area contributed by atoms with Crippen LogP contribution in [0.25, 0.3) is 32.9 Å². The van der Waals surface area contributed by atoms with E-state index in [0.29, 0.717) is 17.7 Å². The number of Topliss-reactive ketones (excluding diaryl/α,β-unsaturated/α-hetero) is 1. The monoisotopic (exact) mass is 369 g/mol. The zero-order valence-electron chi connectivity index (χ0n) is 15.9. The standard InChI is InChI=1S/C25H20FNO/c1-25(2)13-19-22-18-6-4-3-5-15(18)9-12-20(22)27-24(23(19)21(28)14-25)16-7-10-17(26)11-8-16/h3-12H,13-14H2,1-2H3. The number of nitrogens with zero attached hydrogens (tertiary/aromatic N) is 1. The first-order valence-corrected chi connectivity index (χ1v) is 9.56. The van der Waals surface area contributed by atoms with Gasteiger partial charge in [0.15, 0.2) is 5.78 Å². The molecule has 0 radical (unpaired) electrons. The largest absolute Gasteiger partial charge is 0.294 e. The number of hydrogen-bond donors (Lipinski definition) is 0. The number of ketones is 1. The predicted molar refractivity (Wildman–Crippen MR) is 111 cm³/mol. The van der Waals surface area contributed by atoms with E-state index in [4.69, 9.17) is 4.98 Å². The number of halogens is 1. The number of carbonyl (C=O) groups is 1. The summed E-state index contributed by atoms with van der Waals surface area (Å²) in [6.45, 7) is 4.28. The fraction of sp³-hybridized carbons (Fsp3) is 0.200. The lowest BCUT2D eigenvalue weighted by Crippen LogP contribution is -2.28. The minimum atomic E-state index is -0.295. The predicted octanol–water partition coefficient (Wildman–Crippen LogP) is 6.35. The van der Waals surface area contributed by atoms with Crippen LogP contribution in [0, 0.1) is 11.2 Å². The molecule has 1 heterocycles. The van der Waals surface area contributed by atoms with E-state index in [0.717, 1.165) is 39.2 Å². The molecule has 2 nitrogen and oxygen atoms in total. The van der Waals surface area contributed by atoms with Gasteiger partial charge in [0.25, 0.3) is 0 Å². The van der Waals surface area contributed by atoms with Gasteiger partial charge in [-0.05, 0) is 58.5 Å². The molecule has 0 bridgehead atoms. The van der Waals surface area contributed by atoms with Crippen LogP contribution >= 0.6 is 0 Å². The lowest BCUT2D eigenvalue weighted by molar-refractivity contribution is 0.0913. The van der Waals surface area contributed by atoms with Gasteiger partial charge in [-0.25, -0.2) is 9.37 Å². The van der Waals surface area contributed by atoms with Gasteiger partial charge >= 0.3 is 0 Å². The Morgan fingerprint density at radius 1 is 0.929 bits per heavy atom. The Morgan fingerprint density at radius 2 is 1.68 bits per heavy atom. The molecular weight excluding hydrogens is 349 g/mol. The van der Waals surface area contributed by atoms with Crippen molar-refractivity contribution in [2.75, 3.05) is 0 Å². The van der Waals surface area contributed by atoms with Crippen LogP contribution in [0.15, 0.2) is 60.7 Å². The van der Waals surface area contributed by atoms with Crippen LogP contribution in [-0.4, -0.2) is 10.8 Å². The molecule has 0 fully saturated rings. The summed E-state index contributed by atoms with van der Waals surface area (Å²) in [5, 5.41) is 3.34. The highest BCUT2D eigenvalue weighted by Crippen LogP contribution is 2.43. The minimum absolute atomic E-state index is 0.102. The van der Waals surface area contributed by atoms with E-state index in [-0.39, 0.29) is 17.0 Å². The second-order valence-electron chi connectivity index (χ2n) is 8.44. The van der Waals surface area contributed by atoms with Gasteiger partial charge in [0, 0.05) is 22.9 Å². The average molecular weight is 369 g/mol. The van der Waals surface area contributed by atoms with E-state index in [9.17, 15) is 9.18 Å². The van der Waals surface area contributed by atoms with Crippen LogP contribution in [0.2, 0.25) is 0 Å². The van der Waals surface area contributed by atoms with Gasteiger partial charge in [0.1, 0.15) is 5.82 Å². The topological polar surface area (TPSA) is 30.0 Å². The summed E-state index contributed by atoms with van der Waals surface area (Å²) >= 11 is 0. The maximum atomic E-state index is 13.5. The Balaban J connectivity index is 1.93. The van der Waals surface area contributed by atoms with Crippen molar-refractivity contribution in [2.24, 2.45) is 5.41 Å². The van der Waals surface area contributed by atoms with E-state index >= 15 is 0 Å². The van der Waals surface area contributed by atoms with Crippen molar-refractivity contribution in [1.29, 1.82) is 0 Å². The summed E-state index contributed by atoms with van der Waals surface area (Å²) < 4.78 is 13.5. The van der Waals surface area contributed by atoms with Crippen LogP contribution in [0.1, 0.15) is 36.2 Å². The van der Waals surface area contributed by atoms with Gasteiger partial charge < -0.3 is 0 Å². The Hall–Kier alpha value is -3.07. The van der Waals surface area contributed by atoms with Gasteiger partial charge in [-0.15, -0.1) is 0 Å². The minimum Gasteiger partial charge on any atom is -0.294 e. The fourth-order valence-corrected chi connectivity index (χ4v) is 4.47. The zero-order chi connectivity index (χ0) is 19.5. The molecular formula is C25H20FNO. The molecule has 3 heteroatoms. The SMILES string of the molecule is CC1(C)CC(=O)c2c(-c3ccc(F)cc3)nc3ccc4ccccc4c3c2C1. The average Bonchev–Trinajstić information content (AvgIpc) is 2.66. The van der Waals surface area contributed by atoms with Crippen molar-refractivity contribution in [2.45, 2.75) is 26.7 Å². The molecule has 138 valence electrons. The second-order valence-corrected chi connectivity index (χ2v) is 8.44. The molecule has 4 aromatic rings. The number of carbonyl (C=O) groups excluding carboxylic acids is 1. The first-order valence-electron chi connectivity index (χ1n) is 9.56. The highest BCUT2D eigenvalue weighted by atomic mass is 19.1. The normalized spacial score (nSPS) is 15.8. The molecule has 0 saturated heterocycles. The number of aromatic nitrogens is 1. The van der Waals surface area contributed by atoms with Crippen molar-refractivity contribution < 1.29 is 9.18 Å². The maximum Gasteiger partial charge on any atom is 0.165 e. The summed E-state index contributed by atoms with van der Waals surface area (Å²) in [5.41, 5.74) is 3.99. The lowest BCUT2D eigenvalue weighted by Gasteiger charge is -2.32. The van der Waals surface area contributed by atoms with E-state index in [1.54, 1.807) is 12.1 Å². The first-order chi connectivity index (χ1) is 13.4. The van der Waals surface area contributed by atoms with Crippen LogP contribution in [0.4, 0.5) is 4.39 Å². The van der Waals surface area contributed by atoms with E-state index in [2.05, 4.69) is 32.0 Å². The smallest absolute Gasteiger partial charge is 0.165 e. The summed E-state index contributed by atoms with van der Waals surface area (Å²) in [6.07, 6.45) is 1.31. The van der Waals surface area contributed by atoms with Crippen molar-refractivity contribution in [3.05, 3.63) is 77.6 Å². The van der Waals surface area contributed by atoms with E-state index < -0.39 is 0 Å². The van der Waals surface area contributed by atoms with Gasteiger partial charge in [0.2, 0.25) is 0 Å².